The number of aromatic nitrogens is 2. The minimum atomic E-state index is 0.760. The lowest BCUT2D eigenvalue weighted by molar-refractivity contribution is 0.311. The zero-order valence-electron chi connectivity index (χ0n) is 11.7. The van der Waals surface area contributed by atoms with Crippen LogP contribution in [0.2, 0.25) is 0 Å². The molecule has 2 aromatic rings. The van der Waals surface area contributed by atoms with E-state index in [0.29, 0.717) is 0 Å². The lowest BCUT2D eigenvalue weighted by Gasteiger charge is -2.15. The summed E-state index contributed by atoms with van der Waals surface area (Å²) in [6.45, 7) is 6.64. The Balaban J connectivity index is 2.01. The fourth-order valence-electron chi connectivity index (χ4n) is 1.96. The van der Waals surface area contributed by atoms with Crippen molar-refractivity contribution >= 4 is 17.2 Å². The van der Waals surface area contributed by atoms with E-state index in [9.17, 15) is 0 Å². The fraction of sp³-hybridized carbons (Fsp3) is 0.429. The molecule has 0 saturated carbocycles. The zero-order chi connectivity index (χ0) is 13.7. The second-order valence-corrected chi connectivity index (χ2v) is 5.43. The van der Waals surface area contributed by atoms with Crippen LogP contribution in [0, 0.1) is 6.92 Å². The van der Waals surface area contributed by atoms with Crippen molar-refractivity contribution in [3.05, 3.63) is 40.0 Å². The van der Waals surface area contributed by atoms with Crippen LogP contribution in [-0.4, -0.2) is 28.5 Å². The van der Waals surface area contributed by atoms with Crippen molar-refractivity contribution in [3.63, 3.8) is 0 Å². The van der Waals surface area contributed by atoms with Crippen LogP contribution in [0.4, 0.5) is 5.82 Å². The van der Waals surface area contributed by atoms with Crippen molar-refractivity contribution in [1.82, 2.24) is 14.9 Å². The quantitative estimate of drug-likeness (QED) is 0.881. The Morgan fingerprint density at radius 2 is 2.16 bits per heavy atom. The molecule has 2 aromatic heterocycles. The number of hydrogen-bond acceptors (Lipinski definition) is 5. The van der Waals surface area contributed by atoms with Crippen molar-refractivity contribution in [2.24, 2.45) is 0 Å². The Morgan fingerprint density at radius 1 is 1.32 bits per heavy atom. The van der Waals surface area contributed by atoms with Crippen molar-refractivity contribution in [2.45, 2.75) is 26.9 Å². The van der Waals surface area contributed by atoms with Gasteiger partial charge in [0.1, 0.15) is 11.6 Å². The van der Waals surface area contributed by atoms with Gasteiger partial charge in [-0.15, -0.1) is 0 Å². The molecule has 0 bridgehead atoms. The molecule has 0 saturated heterocycles. The van der Waals surface area contributed by atoms with Crippen LogP contribution >= 0.6 is 11.3 Å². The number of hydrogen-bond donors (Lipinski definition) is 1. The van der Waals surface area contributed by atoms with E-state index in [4.69, 9.17) is 0 Å². The average Bonchev–Trinajstić information content (AvgIpc) is 2.81. The van der Waals surface area contributed by atoms with Gasteiger partial charge in [-0.05, 0) is 43.3 Å². The highest BCUT2D eigenvalue weighted by Gasteiger charge is 2.06. The summed E-state index contributed by atoms with van der Waals surface area (Å²) in [7, 11) is 2.09. The van der Waals surface area contributed by atoms with Gasteiger partial charge in [0.15, 0.2) is 0 Å². The van der Waals surface area contributed by atoms with E-state index in [1.807, 2.05) is 13.0 Å². The highest BCUT2D eigenvalue weighted by atomic mass is 32.1. The van der Waals surface area contributed by atoms with Gasteiger partial charge in [-0.25, -0.2) is 9.97 Å². The third kappa shape index (κ3) is 4.29. The van der Waals surface area contributed by atoms with Crippen LogP contribution in [0.25, 0.3) is 0 Å². The Morgan fingerprint density at radius 3 is 2.84 bits per heavy atom. The SMILES string of the molecule is CCNc1cc(C)nc(CN(C)Cc2ccsc2)n1. The Kier molecular flexibility index (Phi) is 4.87. The van der Waals surface area contributed by atoms with E-state index in [-0.39, 0.29) is 0 Å². The number of thiophene rings is 1. The second-order valence-electron chi connectivity index (χ2n) is 4.65. The average molecular weight is 276 g/mol. The molecule has 19 heavy (non-hydrogen) atoms. The minimum Gasteiger partial charge on any atom is -0.370 e. The minimum absolute atomic E-state index is 0.760. The van der Waals surface area contributed by atoms with Crippen LogP contribution in [0.5, 0.6) is 0 Å². The maximum Gasteiger partial charge on any atom is 0.144 e. The first-order valence-corrected chi connectivity index (χ1v) is 7.39. The highest BCUT2D eigenvalue weighted by Crippen LogP contribution is 2.11. The monoisotopic (exact) mass is 276 g/mol. The molecule has 4 nitrogen and oxygen atoms in total. The summed E-state index contributed by atoms with van der Waals surface area (Å²) in [6.07, 6.45) is 0. The summed E-state index contributed by atoms with van der Waals surface area (Å²) in [4.78, 5) is 11.3. The van der Waals surface area contributed by atoms with E-state index in [2.05, 4.69) is 51.0 Å². The van der Waals surface area contributed by atoms with Gasteiger partial charge in [-0.3, -0.25) is 4.90 Å². The van der Waals surface area contributed by atoms with Gasteiger partial charge in [0.25, 0.3) is 0 Å². The number of nitrogens with zero attached hydrogens (tertiary/aromatic N) is 3. The zero-order valence-corrected chi connectivity index (χ0v) is 12.5. The van der Waals surface area contributed by atoms with Crippen molar-refractivity contribution < 1.29 is 0 Å². The molecule has 0 aromatic carbocycles. The van der Waals surface area contributed by atoms with Crippen LogP contribution in [0.15, 0.2) is 22.9 Å². The van der Waals surface area contributed by atoms with Gasteiger partial charge in [-0.1, -0.05) is 0 Å². The third-order valence-corrected chi connectivity index (χ3v) is 3.43. The molecule has 5 heteroatoms. The van der Waals surface area contributed by atoms with Gasteiger partial charge >= 0.3 is 0 Å². The normalized spacial score (nSPS) is 10.9. The summed E-state index contributed by atoms with van der Waals surface area (Å²) in [6, 6.07) is 4.13. The maximum absolute atomic E-state index is 4.53. The van der Waals surface area contributed by atoms with Crippen molar-refractivity contribution in [2.75, 3.05) is 18.9 Å². The van der Waals surface area contributed by atoms with Gasteiger partial charge in [0.05, 0.1) is 6.54 Å². The molecule has 0 amide bonds. The lowest BCUT2D eigenvalue weighted by Crippen LogP contribution is -2.19. The molecule has 1 N–H and O–H groups in total. The molecule has 0 atom stereocenters. The summed E-state index contributed by atoms with van der Waals surface area (Å²) in [5.41, 5.74) is 2.34. The third-order valence-electron chi connectivity index (χ3n) is 2.70. The Labute approximate surface area is 118 Å². The smallest absolute Gasteiger partial charge is 0.144 e. The fourth-order valence-corrected chi connectivity index (χ4v) is 2.62. The van der Waals surface area contributed by atoms with Crippen LogP contribution in [0.3, 0.4) is 0 Å². The van der Waals surface area contributed by atoms with Gasteiger partial charge in [0, 0.05) is 24.8 Å². The summed E-state index contributed by atoms with van der Waals surface area (Å²) >= 11 is 1.73. The Bertz CT molecular complexity index is 510. The molecule has 2 heterocycles. The van der Waals surface area contributed by atoms with E-state index in [1.165, 1.54) is 5.56 Å². The first-order valence-electron chi connectivity index (χ1n) is 6.45. The second kappa shape index (κ2) is 6.63. The van der Waals surface area contributed by atoms with Crippen LogP contribution in [0.1, 0.15) is 24.0 Å². The maximum atomic E-state index is 4.53. The molecule has 0 fully saturated rings. The number of nitrogens with one attached hydrogen (secondary N) is 1. The van der Waals surface area contributed by atoms with E-state index >= 15 is 0 Å². The molecule has 2 rings (SSSR count). The largest absolute Gasteiger partial charge is 0.370 e. The van der Waals surface area contributed by atoms with E-state index < -0.39 is 0 Å². The lowest BCUT2D eigenvalue weighted by atomic mass is 10.3. The topological polar surface area (TPSA) is 41.1 Å². The molecular formula is C14H20N4S. The standard InChI is InChI=1S/C14H20N4S/c1-4-15-13-7-11(2)16-14(17-13)9-18(3)8-12-5-6-19-10-12/h5-7,10H,4,8-9H2,1-3H3,(H,15,16,17). The number of anilines is 1. The van der Waals surface area contributed by atoms with E-state index in [0.717, 1.165) is 37.0 Å². The van der Waals surface area contributed by atoms with Crippen LogP contribution in [-0.2, 0) is 13.1 Å². The molecular weight excluding hydrogens is 256 g/mol. The molecule has 0 spiro atoms. The first-order chi connectivity index (χ1) is 9.17. The molecule has 0 aliphatic carbocycles. The summed E-state index contributed by atoms with van der Waals surface area (Å²) in [5.74, 6) is 1.78. The summed E-state index contributed by atoms with van der Waals surface area (Å²) in [5, 5.41) is 7.52. The van der Waals surface area contributed by atoms with Crippen molar-refractivity contribution in [1.29, 1.82) is 0 Å². The van der Waals surface area contributed by atoms with Gasteiger partial charge < -0.3 is 5.32 Å². The Hall–Kier alpha value is -1.46. The molecule has 102 valence electrons. The van der Waals surface area contributed by atoms with Crippen LogP contribution < -0.4 is 5.32 Å². The molecule has 0 radical (unpaired) electrons. The predicted octanol–water partition coefficient (Wildman–Crippen LogP) is 2.91. The summed E-state index contributed by atoms with van der Waals surface area (Å²) < 4.78 is 0. The molecule has 0 aliphatic rings. The predicted molar refractivity (Wildman–Crippen MR) is 80.4 cm³/mol. The number of rotatable bonds is 6. The molecule has 0 unspecified atom stereocenters. The van der Waals surface area contributed by atoms with Gasteiger partial charge in [0.2, 0.25) is 0 Å². The van der Waals surface area contributed by atoms with E-state index in [1.54, 1.807) is 11.3 Å². The molecule has 0 aliphatic heterocycles. The highest BCUT2D eigenvalue weighted by molar-refractivity contribution is 7.07. The van der Waals surface area contributed by atoms with Gasteiger partial charge in [-0.2, -0.15) is 11.3 Å². The number of aryl methyl sites for hydroxylation is 1. The van der Waals surface area contributed by atoms with Crippen molar-refractivity contribution in [3.8, 4) is 0 Å². The first kappa shape index (κ1) is 14.0.